The number of carbonyl (C=O) groups excluding carboxylic acids is 1. The highest BCUT2D eigenvalue weighted by Gasteiger charge is 2.28. The van der Waals surface area contributed by atoms with Crippen LogP contribution in [0.5, 0.6) is 0 Å². The highest BCUT2D eigenvalue weighted by Crippen LogP contribution is 2.17. The van der Waals surface area contributed by atoms with Crippen LogP contribution in [0, 0.1) is 10.1 Å². The molecule has 0 aliphatic carbocycles. The van der Waals surface area contributed by atoms with Crippen LogP contribution in [-0.2, 0) is 4.79 Å². The Morgan fingerprint density at radius 1 is 0.840 bits per heavy atom. The lowest BCUT2D eigenvalue weighted by Gasteiger charge is -2.16. The summed E-state index contributed by atoms with van der Waals surface area (Å²) in [5.41, 5.74) is 0. The third-order valence-corrected chi connectivity index (χ3v) is 4.89. The lowest BCUT2D eigenvalue weighted by atomic mass is 9.98. The van der Waals surface area contributed by atoms with E-state index in [4.69, 9.17) is 0 Å². The standard InChI is InChI=1S/C20H39NO4/c1-2-3-4-5-6-7-11-14-17-20(23)19(21(24)25)16-13-10-8-9-12-15-18-22/h18-20,23H,2-17H2,1H3. The largest absolute Gasteiger partial charge is 0.386 e. The molecule has 0 aliphatic heterocycles. The van der Waals surface area contributed by atoms with Crippen LogP contribution in [0.1, 0.15) is 110 Å². The molecule has 2 unspecified atom stereocenters. The van der Waals surface area contributed by atoms with E-state index in [-0.39, 0.29) is 4.92 Å². The summed E-state index contributed by atoms with van der Waals surface area (Å²) in [6.45, 7) is 2.21. The van der Waals surface area contributed by atoms with Crippen LogP contribution in [0.3, 0.4) is 0 Å². The van der Waals surface area contributed by atoms with Crippen LogP contribution >= 0.6 is 0 Å². The Kier molecular flexibility index (Phi) is 17.1. The van der Waals surface area contributed by atoms with E-state index in [0.29, 0.717) is 19.3 Å². The molecule has 0 amide bonds. The zero-order valence-corrected chi connectivity index (χ0v) is 16.2. The minimum Gasteiger partial charge on any atom is -0.386 e. The molecule has 0 aromatic heterocycles. The molecule has 148 valence electrons. The normalized spacial score (nSPS) is 13.5. The molecule has 5 nitrogen and oxygen atoms in total. The summed E-state index contributed by atoms with van der Waals surface area (Å²) in [7, 11) is 0. The number of rotatable bonds is 19. The van der Waals surface area contributed by atoms with E-state index in [1.54, 1.807) is 0 Å². The van der Waals surface area contributed by atoms with Gasteiger partial charge in [-0.1, -0.05) is 77.6 Å². The fourth-order valence-corrected chi connectivity index (χ4v) is 3.23. The molecule has 0 rings (SSSR count). The first-order valence-corrected chi connectivity index (χ1v) is 10.4. The molecule has 0 fully saturated rings. The van der Waals surface area contributed by atoms with Crippen molar-refractivity contribution in [2.24, 2.45) is 0 Å². The Morgan fingerprint density at radius 2 is 1.32 bits per heavy atom. The molecule has 1 N–H and O–H groups in total. The van der Waals surface area contributed by atoms with Crippen molar-refractivity contribution in [1.29, 1.82) is 0 Å². The first kappa shape index (κ1) is 24.0. The van der Waals surface area contributed by atoms with Gasteiger partial charge >= 0.3 is 0 Å². The summed E-state index contributed by atoms with van der Waals surface area (Å²) in [6.07, 6.45) is 15.8. The van der Waals surface area contributed by atoms with Crippen molar-refractivity contribution in [1.82, 2.24) is 0 Å². The highest BCUT2D eigenvalue weighted by molar-refractivity contribution is 5.48. The quantitative estimate of drug-likeness (QED) is 0.144. The monoisotopic (exact) mass is 357 g/mol. The van der Waals surface area contributed by atoms with E-state index in [0.717, 1.165) is 51.2 Å². The second kappa shape index (κ2) is 17.8. The Labute approximate surface area is 153 Å². The minimum absolute atomic E-state index is 0.304. The van der Waals surface area contributed by atoms with Gasteiger partial charge in [-0.25, -0.2) is 0 Å². The molecule has 0 aromatic carbocycles. The maximum absolute atomic E-state index is 11.2. The lowest BCUT2D eigenvalue weighted by molar-refractivity contribution is -0.535. The van der Waals surface area contributed by atoms with E-state index >= 15 is 0 Å². The van der Waals surface area contributed by atoms with Crippen LogP contribution in [0.25, 0.3) is 0 Å². The Morgan fingerprint density at radius 3 is 1.84 bits per heavy atom. The van der Waals surface area contributed by atoms with Crippen molar-refractivity contribution in [2.75, 3.05) is 0 Å². The van der Waals surface area contributed by atoms with Gasteiger partial charge in [-0.2, -0.15) is 0 Å². The van der Waals surface area contributed by atoms with Crippen molar-refractivity contribution in [3.8, 4) is 0 Å². The lowest BCUT2D eigenvalue weighted by Crippen LogP contribution is -2.33. The summed E-state index contributed by atoms with van der Waals surface area (Å²) < 4.78 is 0. The average Bonchev–Trinajstić information content (AvgIpc) is 2.59. The fraction of sp³-hybridized carbons (Fsp3) is 0.950. The zero-order valence-electron chi connectivity index (χ0n) is 16.2. The molecule has 0 spiro atoms. The van der Waals surface area contributed by atoms with Gasteiger partial charge in [0.15, 0.2) is 0 Å². The number of nitro groups is 1. The van der Waals surface area contributed by atoms with Crippen LogP contribution in [0.4, 0.5) is 0 Å². The SMILES string of the molecule is CCCCCCCCCCC(O)C(CCCCCCCC=O)[N+](=O)[O-]. The van der Waals surface area contributed by atoms with Crippen LogP contribution < -0.4 is 0 Å². The van der Waals surface area contributed by atoms with Gasteiger partial charge in [-0.05, 0) is 19.3 Å². The summed E-state index contributed by atoms with van der Waals surface area (Å²) in [4.78, 5) is 21.1. The maximum Gasteiger partial charge on any atom is 0.238 e. The number of aldehydes is 1. The summed E-state index contributed by atoms with van der Waals surface area (Å²) in [5.74, 6) is 0. The third-order valence-electron chi connectivity index (χ3n) is 4.89. The van der Waals surface area contributed by atoms with Gasteiger partial charge in [-0.15, -0.1) is 0 Å². The number of hydrogen-bond acceptors (Lipinski definition) is 4. The number of carbonyl (C=O) groups is 1. The Hall–Kier alpha value is -0.970. The second-order valence-corrected chi connectivity index (χ2v) is 7.20. The van der Waals surface area contributed by atoms with Crippen molar-refractivity contribution in [2.45, 2.75) is 122 Å². The predicted molar refractivity (Wildman–Crippen MR) is 102 cm³/mol. The van der Waals surface area contributed by atoms with Gasteiger partial charge in [-0.3, -0.25) is 10.1 Å². The van der Waals surface area contributed by atoms with Gasteiger partial charge < -0.3 is 9.90 Å². The molecule has 2 atom stereocenters. The Balaban J connectivity index is 3.72. The molecule has 25 heavy (non-hydrogen) atoms. The van der Waals surface area contributed by atoms with E-state index in [1.807, 2.05) is 0 Å². The van der Waals surface area contributed by atoms with Gasteiger partial charge in [0.05, 0.1) is 0 Å². The Bertz CT molecular complexity index is 323. The van der Waals surface area contributed by atoms with Crippen molar-refractivity contribution in [3.63, 3.8) is 0 Å². The van der Waals surface area contributed by atoms with Gasteiger partial charge in [0.1, 0.15) is 12.4 Å². The van der Waals surface area contributed by atoms with E-state index in [2.05, 4.69) is 6.92 Å². The van der Waals surface area contributed by atoms with Gasteiger partial charge in [0, 0.05) is 17.8 Å². The van der Waals surface area contributed by atoms with Crippen LogP contribution in [0.2, 0.25) is 0 Å². The molecule has 0 radical (unpaired) electrons. The summed E-state index contributed by atoms with van der Waals surface area (Å²) in [5, 5.41) is 21.3. The molecule has 0 saturated heterocycles. The highest BCUT2D eigenvalue weighted by atomic mass is 16.6. The molecule has 0 aromatic rings. The smallest absolute Gasteiger partial charge is 0.238 e. The number of hydrogen-bond donors (Lipinski definition) is 1. The van der Waals surface area contributed by atoms with Gasteiger partial charge in [0.2, 0.25) is 6.04 Å². The molecule has 0 bridgehead atoms. The van der Waals surface area contributed by atoms with Crippen LogP contribution in [0.15, 0.2) is 0 Å². The number of nitrogens with zero attached hydrogens (tertiary/aromatic N) is 1. The topological polar surface area (TPSA) is 80.4 Å². The number of aliphatic hydroxyl groups is 1. The summed E-state index contributed by atoms with van der Waals surface area (Å²) in [6, 6.07) is -0.820. The van der Waals surface area contributed by atoms with Crippen molar-refractivity contribution < 1.29 is 14.8 Å². The molecular weight excluding hydrogens is 318 g/mol. The molecule has 5 heteroatoms. The number of aliphatic hydroxyl groups excluding tert-OH is 1. The first-order valence-electron chi connectivity index (χ1n) is 10.4. The van der Waals surface area contributed by atoms with Gasteiger partial charge in [0.25, 0.3) is 0 Å². The van der Waals surface area contributed by atoms with E-state index < -0.39 is 12.1 Å². The van der Waals surface area contributed by atoms with Crippen LogP contribution in [-0.4, -0.2) is 28.5 Å². The van der Waals surface area contributed by atoms with Crippen molar-refractivity contribution >= 4 is 6.29 Å². The molecule has 0 heterocycles. The molecular formula is C20H39NO4. The fourth-order valence-electron chi connectivity index (χ4n) is 3.23. The first-order chi connectivity index (χ1) is 12.1. The molecule has 0 saturated carbocycles. The van der Waals surface area contributed by atoms with Crippen molar-refractivity contribution in [3.05, 3.63) is 10.1 Å². The summed E-state index contributed by atoms with van der Waals surface area (Å²) >= 11 is 0. The zero-order chi connectivity index (χ0) is 18.8. The minimum atomic E-state index is -0.820. The second-order valence-electron chi connectivity index (χ2n) is 7.20. The third kappa shape index (κ3) is 15.0. The molecule has 0 aliphatic rings. The maximum atomic E-state index is 11.2. The van der Waals surface area contributed by atoms with E-state index in [1.165, 1.54) is 38.5 Å². The average molecular weight is 358 g/mol. The van der Waals surface area contributed by atoms with E-state index in [9.17, 15) is 20.0 Å². The number of unbranched alkanes of at least 4 members (excludes halogenated alkanes) is 12. The predicted octanol–water partition coefficient (Wildman–Crippen LogP) is 5.45.